The minimum Gasteiger partial charge on any atom is -0.503 e. The third-order valence-electron chi connectivity index (χ3n) is 4.78. The van der Waals surface area contributed by atoms with Crippen molar-refractivity contribution in [2.45, 2.75) is 6.54 Å². The van der Waals surface area contributed by atoms with Crippen molar-refractivity contribution in [3.63, 3.8) is 0 Å². The summed E-state index contributed by atoms with van der Waals surface area (Å²) in [5.74, 6) is -0.387. The Balaban J connectivity index is 1.59. The molecule has 15 heteroatoms. The summed E-state index contributed by atoms with van der Waals surface area (Å²) in [6, 6.07) is 3.18. The number of anilines is 1. The number of halogens is 1. The van der Waals surface area contributed by atoms with E-state index in [-0.39, 0.29) is 28.8 Å². The molecule has 1 saturated heterocycles. The lowest BCUT2D eigenvalue weighted by molar-refractivity contribution is 0.0335. The summed E-state index contributed by atoms with van der Waals surface area (Å²) in [4.78, 5) is 15.2. The minimum atomic E-state index is -0.591. The quantitative estimate of drug-likeness (QED) is 0.287. The van der Waals surface area contributed by atoms with Crippen LogP contribution in [0.15, 0.2) is 26.3 Å². The van der Waals surface area contributed by atoms with Crippen LogP contribution in [0.25, 0.3) is 5.82 Å². The Morgan fingerprint density at radius 2 is 2.18 bits per heavy atom. The number of carbonyl (C=O) groups excluding carboxylic acids is 1. The Morgan fingerprint density at radius 3 is 2.88 bits per heavy atom. The number of nitrogen functional groups attached to an aromatic ring is 1. The molecule has 3 heterocycles. The Morgan fingerprint density at radius 1 is 1.39 bits per heavy atom. The maximum absolute atomic E-state index is 13.1. The number of nitrogens with one attached hydrogen (secondary N) is 1. The van der Waals surface area contributed by atoms with Crippen molar-refractivity contribution in [1.29, 1.82) is 0 Å². The molecular weight excluding hydrogens is 502 g/mol. The van der Waals surface area contributed by atoms with Gasteiger partial charge in [0, 0.05) is 19.6 Å². The lowest BCUT2D eigenvalue weighted by Crippen LogP contribution is -2.36. The fraction of sp³-hybridized carbons (Fsp3) is 0.333. The molecular formula is C18H20BrN9O5. The van der Waals surface area contributed by atoms with Gasteiger partial charge < -0.3 is 20.3 Å². The number of nitrogens with zero attached hydrogens (tertiary/aromatic N) is 7. The number of amides is 1. The largest absolute Gasteiger partial charge is 0.503 e. The van der Waals surface area contributed by atoms with Gasteiger partial charge in [-0.2, -0.15) is 9.78 Å². The van der Waals surface area contributed by atoms with Crippen LogP contribution in [0, 0.1) is 0 Å². The number of ether oxygens (including phenoxy) is 2. The molecule has 0 saturated carbocycles. The van der Waals surface area contributed by atoms with Gasteiger partial charge in [0.25, 0.3) is 5.91 Å². The van der Waals surface area contributed by atoms with Gasteiger partial charge in [-0.1, -0.05) is 5.21 Å². The van der Waals surface area contributed by atoms with Gasteiger partial charge in [0.15, 0.2) is 17.2 Å². The summed E-state index contributed by atoms with van der Waals surface area (Å²) in [5.41, 5.74) is 9.30. The summed E-state index contributed by atoms with van der Waals surface area (Å²) in [5, 5.41) is 29.3. The third kappa shape index (κ3) is 4.94. The number of methoxy groups -OCH3 is 1. The molecule has 1 aromatic carbocycles. The summed E-state index contributed by atoms with van der Waals surface area (Å²) in [6.45, 7) is 2.93. The van der Waals surface area contributed by atoms with Crippen LogP contribution < -0.4 is 15.9 Å². The molecule has 1 fully saturated rings. The number of carbonyl (C=O) groups is 1. The van der Waals surface area contributed by atoms with Crippen molar-refractivity contribution in [1.82, 2.24) is 35.6 Å². The lowest BCUT2D eigenvalue weighted by Gasteiger charge is -2.25. The number of hydrogen-bond acceptors (Lipinski definition) is 12. The van der Waals surface area contributed by atoms with Crippen molar-refractivity contribution in [2.75, 3.05) is 39.1 Å². The first-order valence-electron chi connectivity index (χ1n) is 9.71. The molecule has 0 atom stereocenters. The van der Waals surface area contributed by atoms with Crippen molar-refractivity contribution < 1.29 is 24.0 Å². The number of phenolic OH excluding ortho intramolecular Hbond substituents is 1. The predicted molar refractivity (Wildman–Crippen MR) is 117 cm³/mol. The summed E-state index contributed by atoms with van der Waals surface area (Å²) in [7, 11) is 1.43. The van der Waals surface area contributed by atoms with E-state index in [1.54, 1.807) is 12.1 Å². The van der Waals surface area contributed by atoms with E-state index in [4.69, 9.17) is 15.2 Å². The monoisotopic (exact) mass is 521 g/mol. The van der Waals surface area contributed by atoms with Gasteiger partial charge in [0.2, 0.25) is 11.6 Å². The highest BCUT2D eigenvalue weighted by Crippen LogP contribution is 2.34. The van der Waals surface area contributed by atoms with Crippen molar-refractivity contribution in [3.8, 4) is 17.3 Å². The van der Waals surface area contributed by atoms with E-state index < -0.39 is 5.91 Å². The minimum absolute atomic E-state index is 0.0389. The zero-order chi connectivity index (χ0) is 23.4. The van der Waals surface area contributed by atoms with Gasteiger partial charge in [-0.25, -0.2) is 10.1 Å². The van der Waals surface area contributed by atoms with Crippen LogP contribution >= 0.6 is 15.9 Å². The van der Waals surface area contributed by atoms with E-state index >= 15 is 0 Å². The van der Waals surface area contributed by atoms with Crippen LogP contribution in [-0.2, 0) is 11.3 Å². The second-order valence-electron chi connectivity index (χ2n) is 6.91. The van der Waals surface area contributed by atoms with Crippen molar-refractivity contribution in [3.05, 3.63) is 33.6 Å². The molecule has 3 aromatic rings. The summed E-state index contributed by atoms with van der Waals surface area (Å²) < 4.78 is 16.7. The van der Waals surface area contributed by atoms with Gasteiger partial charge in [-0.3, -0.25) is 9.69 Å². The summed E-state index contributed by atoms with van der Waals surface area (Å²) >= 11 is 3.24. The van der Waals surface area contributed by atoms with E-state index in [9.17, 15) is 9.90 Å². The summed E-state index contributed by atoms with van der Waals surface area (Å²) in [6.07, 6.45) is 1.40. The number of benzene rings is 1. The lowest BCUT2D eigenvalue weighted by atomic mass is 10.2. The van der Waals surface area contributed by atoms with E-state index in [1.807, 2.05) is 0 Å². The number of aromatic nitrogens is 5. The average molecular weight is 522 g/mol. The molecule has 33 heavy (non-hydrogen) atoms. The van der Waals surface area contributed by atoms with Gasteiger partial charge in [-0.05, 0) is 43.9 Å². The van der Waals surface area contributed by atoms with Crippen LogP contribution in [-0.4, -0.2) is 80.8 Å². The Labute approximate surface area is 195 Å². The first-order valence-corrected chi connectivity index (χ1v) is 10.5. The molecule has 2 aromatic heterocycles. The van der Waals surface area contributed by atoms with Crippen molar-refractivity contribution >= 4 is 33.9 Å². The average Bonchev–Trinajstić information content (AvgIpc) is 3.42. The smallest absolute Gasteiger partial charge is 0.292 e. The molecule has 1 aliphatic heterocycles. The number of hydrazone groups is 1. The highest BCUT2D eigenvalue weighted by atomic mass is 79.9. The maximum atomic E-state index is 13.1. The number of phenols is 1. The first kappa shape index (κ1) is 22.6. The van der Waals surface area contributed by atoms with Crippen molar-refractivity contribution in [2.24, 2.45) is 5.10 Å². The van der Waals surface area contributed by atoms with Crippen LogP contribution in [0.4, 0.5) is 5.82 Å². The fourth-order valence-electron chi connectivity index (χ4n) is 3.15. The number of rotatable bonds is 7. The van der Waals surface area contributed by atoms with Gasteiger partial charge in [0.05, 0.1) is 31.0 Å². The SMILES string of the molecule is COc1cc(/C=N/NC(=O)c2c(CN3CCOCC3)nnn2-c2nonc2N)cc(Br)c1O. The molecule has 4 rings (SSSR count). The van der Waals surface area contributed by atoms with E-state index in [1.165, 1.54) is 13.3 Å². The Kier molecular flexibility index (Phi) is 6.81. The Bertz CT molecular complexity index is 1170. The van der Waals surface area contributed by atoms with Gasteiger partial charge in [0.1, 0.15) is 5.69 Å². The molecule has 174 valence electrons. The highest BCUT2D eigenvalue weighted by molar-refractivity contribution is 9.10. The van der Waals surface area contributed by atoms with E-state index in [2.05, 4.69) is 56.6 Å². The zero-order valence-electron chi connectivity index (χ0n) is 17.4. The number of aromatic hydroxyl groups is 1. The van der Waals surface area contributed by atoms with Gasteiger partial charge in [-0.15, -0.1) is 5.10 Å². The maximum Gasteiger partial charge on any atom is 0.292 e. The zero-order valence-corrected chi connectivity index (χ0v) is 19.0. The molecule has 14 nitrogen and oxygen atoms in total. The van der Waals surface area contributed by atoms with E-state index in [0.29, 0.717) is 48.6 Å². The molecule has 1 aliphatic rings. The second kappa shape index (κ2) is 9.93. The molecule has 0 aliphatic carbocycles. The van der Waals surface area contributed by atoms with Crippen LogP contribution in [0.1, 0.15) is 21.7 Å². The van der Waals surface area contributed by atoms with E-state index in [0.717, 1.165) is 4.68 Å². The number of morpholine rings is 1. The van der Waals surface area contributed by atoms with Crippen LogP contribution in [0.5, 0.6) is 11.5 Å². The fourth-order valence-corrected chi connectivity index (χ4v) is 3.61. The second-order valence-corrected chi connectivity index (χ2v) is 7.77. The molecule has 0 bridgehead atoms. The first-order chi connectivity index (χ1) is 16.0. The van der Waals surface area contributed by atoms with Crippen LogP contribution in [0.2, 0.25) is 0 Å². The molecule has 0 radical (unpaired) electrons. The van der Waals surface area contributed by atoms with Crippen LogP contribution in [0.3, 0.4) is 0 Å². The topological polar surface area (TPSA) is 179 Å². The van der Waals surface area contributed by atoms with Gasteiger partial charge >= 0.3 is 0 Å². The highest BCUT2D eigenvalue weighted by Gasteiger charge is 2.26. The number of hydrogen-bond donors (Lipinski definition) is 3. The number of nitrogens with two attached hydrogens (primary N) is 1. The molecule has 0 spiro atoms. The molecule has 4 N–H and O–H groups in total. The molecule has 1 amide bonds. The standard InChI is InChI=1S/C18H20BrN9O5/c1-31-13-7-10(6-11(19)15(13)29)8-21-23-18(30)14-12(9-27-2-4-32-5-3-27)22-26-28(14)17-16(20)24-33-25-17/h6-8,29H,2-5,9H2,1H3,(H2,20,24)(H,23,30)/b21-8+. The molecule has 0 unspecified atom stereocenters. The normalized spacial score (nSPS) is 14.6. The predicted octanol–water partition coefficient (Wildman–Crippen LogP) is 0.305. The Hall–Kier alpha value is -3.56. The third-order valence-corrected chi connectivity index (χ3v) is 5.38.